The largest absolute Gasteiger partial charge is 0.494 e. The van der Waals surface area contributed by atoms with Crippen LogP contribution in [0, 0.1) is 0 Å². The predicted octanol–water partition coefficient (Wildman–Crippen LogP) is 4.42. The number of pyridine rings is 1. The number of carbonyl (C=O) groups is 1. The van der Waals surface area contributed by atoms with Crippen LogP contribution in [0.25, 0.3) is 21.9 Å². The third-order valence-electron chi connectivity index (χ3n) is 5.84. The first-order valence-corrected chi connectivity index (χ1v) is 13.8. The van der Waals surface area contributed by atoms with Gasteiger partial charge < -0.3 is 25.1 Å². The van der Waals surface area contributed by atoms with Crippen LogP contribution < -0.4 is 20.5 Å². The van der Waals surface area contributed by atoms with Gasteiger partial charge in [0.1, 0.15) is 23.7 Å². The summed E-state index contributed by atoms with van der Waals surface area (Å²) in [5, 5.41) is 3.81. The molecule has 4 N–H and O–H groups in total. The zero-order valence-electron chi connectivity index (χ0n) is 22.1. The molecule has 3 rings (SSSR count). The number of rotatable bonds is 15. The normalized spacial score (nSPS) is 11.9. The lowest BCUT2D eigenvalue weighted by molar-refractivity contribution is -0.118. The molecule has 3 aromatic rings. The van der Waals surface area contributed by atoms with E-state index in [2.05, 4.69) is 33.4 Å². The molecule has 198 valence electrons. The number of nitrogens with two attached hydrogens (primary N) is 1. The van der Waals surface area contributed by atoms with Gasteiger partial charge in [0.15, 0.2) is 5.82 Å². The molecule has 1 amide bonds. The molecule has 0 saturated heterocycles. The van der Waals surface area contributed by atoms with Crippen molar-refractivity contribution >= 4 is 45.6 Å². The lowest BCUT2D eigenvalue weighted by Crippen LogP contribution is -2.39. The van der Waals surface area contributed by atoms with Crippen molar-refractivity contribution in [1.82, 2.24) is 24.6 Å². The van der Waals surface area contributed by atoms with Crippen molar-refractivity contribution in [3.05, 3.63) is 24.0 Å². The number of amides is 1. The zero-order valence-corrected chi connectivity index (χ0v) is 23.0. The van der Waals surface area contributed by atoms with E-state index in [9.17, 15) is 4.79 Å². The Morgan fingerprint density at radius 1 is 1.19 bits per heavy atom. The lowest BCUT2D eigenvalue weighted by Gasteiger charge is -2.27. The number of fused-ring (bicyclic) bond motifs is 3. The van der Waals surface area contributed by atoms with Gasteiger partial charge in [0.05, 0.1) is 17.6 Å². The highest BCUT2D eigenvalue weighted by Crippen LogP contribution is 2.32. The second-order valence-electron chi connectivity index (χ2n) is 9.56. The van der Waals surface area contributed by atoms with E-state index in [1.54, 1.807) is 18.9 Å². The molecule has 2 heterocycles. The van der Waals surface area contributed by atoms with E-state index < -0.39 is 0 Å². The van der Waals surface area contributed by atoms with Crippen LogP contribution in [0.2, 0.25) is 0 Å². The van der Waals surface area contributed by atoms with Gasteiger partial charge in [-0.25, -0.2) is 9.97 Å². The number of carbonyl (C=O) groups excluding carboxylic acids is 1. The van der Waals surface area contributed by atoms with Gasteiger partial charge in [0.2, 0.25) is 5.91 Å². The van der Waals surface area contributed by atoms with E-state index in [1.807, 2.05) is 31.4 Å². The van der Waals surface area contributed by atoms with Crippen LogP contribution in [0.15, 0.2) is 18.2 Å². The van der Waals surface area contributed by atoms with Crippen molar-refractivity contribution in [2.75, 3.05) is 31.7 Å². The fraction of sp³-hybridized carbons (Fsp3) is 0.577. The summed E-state index contributed by atoms with van der Waals surface area (Å²) in [7, 11) is 0. The molecule has 0 unspecified atom stereocenters. The molecule has 0 bridgehead atoms. The van der Waals surface area contributed by atoms with E-state index in [4.69, 9.17) is 20.2 Å². The van der Waals surface area contributed by atoms with Crippen LogP contribution in [0.5, 0.6) is 5.75 Å². The molecule has 1 aromatic carbocycles. The molecule has 0 spiro atoms. The maximum Gasteiger partial charge on any atom is 0.216 e. The highest BCUT2D eigenvalue weighted by Gasteiger charge is 2.24. The van der Waals surface area contributed by atoms with Crippen LogP contribution in [-0.2, 0) is 22.7 Å². The van der Waals surface area contributed by atoms with Crippen molar-refractivity contribution < 1.29 is 14.3 Å². The molecule has 2 aromatic heterocycles. The molecule has 0 saturated carbocycles. The maximum atomic E-state index is 10.9. The van der Waals surface area contributed by atoms with Crippen molar-refractivity contribution in [2.24, 2.45) is 0 Å². The summed E-state index contributed by atoms with van der Waals surface area (Å²) < 4.78 is 17.4. The molecule has 9 nitrogen and oxygen atoms in total. The number of unbranched alkanes of at least 4 members (excludes halogenated alkanes) is 3. The first-order valence-electron chi connectivity index (χ1n) is 12.6. The van der Waals surface area contributed by atoms with Crippen molar-refractivity contribution in [2.45, 2.75) is 72.1 Å². The minimum atomic E-state index is -0.177. The Morgan fingerprint density at radius 2 is 1.97 bits per heavy atom. The highest BCUT2D eigenvalue weighted by atomic mass is 32.2. The van der Waals surface area contributed by atoms with Crippen LogP contribution in [0.1, 0.15) is 59.2 Å². The average Bonchev–Trinajstić information content (AvgIpc) is 3.17. The Morgan fingerprint density at radius 3 is 2.69 bits per heavy atom. The van der Waals surface area contributed by atoms with Crippen LogP contribution in [0.3, 0.4) is 0 Å². The number of hydrogen-bond donors (Lipinski definition) is 3. The summed E-state index contributed by atoms with van der Waals surface area (Å²) in [4.78, 5) is 20.4. The van der Waals surface area contributed by atoms with Crippen molar-refractivity contribution in [1.29, 1.82) is 0 Å². The van der Waals surface area contributed by atoms with Gasteiger partial charge in [-0.3, -0.25) is 9.52 Å². The third-order valence-corrected chi connectivity index (χ3v) is 6.59. The fourth-order valence-electron chi connectivity index (χ4n) is 4.24. The number of nitrogens with zero attached hydrogens (tertiary/aromatic N) is 3. The third kappa shape index (κ3) is 7.47. The van der Waals surface area contributed by atoms with Gasteiger partial charge in [0, 0.05) is 43.6 Å². The van der Waals surface area contributed by atoms with Crippen molar-refractivity contribution in [3.63, 3.8) is 0 Å². The highest BCUT2D eigenvalue weighted by molar-refractivity contribution is 7.96. The monoisotopic (exact) mass is 516 g/mol. The van der Waals surface area contributed by atoms with E-state index in [0.717, 1.165) is 60.2 Å². The number of ether oxygens (including phenoxy) is 2. The molecule has 36 heavy (non-hydrogen) atoms. The summed E-state index contributed by atoms with van der Waals surface area (Å²) in [5.41, 5.74) is 8.66. The summed E-state index contributed by atoms with van der Waals surface area (Å²) in [6.07, 6.45) is 6.09. The second-order valence-corrected chi connectivity index (χ2v) is 10.2. The van der Waals surface area contributed by atoms with E-state index in [-0.39, 0.29) is 11.4 Å². The first kappa shape index (κ1) is 28.0. The molecule has 0 aliphatic carbocycles. The molecule has 10 heteroatoms. The van der Waals surface area contributed by atoms with Gasteiger partial charge in [-0.1, -0.05) is 24.8 Å². The number of nitrogen functional groups attached to an aromatic ring is 1. The molecular weight excluding hydrogens is 476 g/mol. The van der Waals surface area contributed by atoms with Gasteiger partial charge in [-0.2, -0.15) is 0 Å². The number of benzene rings is 1. The van der Waals surface area contributed by atoms with Gasteiger partial charge >= 0.3 is 0 Å². The van der Waals surface area contributed by atoms with E-state index in [1.165, 1.54) is 0 Å². The van der Waals surface area contributed by atoms with E-state index in [0.29, 0.717) is 37.7 Å². The smallest absolute Gasteiger partial charge is 0.216 e. The zero-order chi connectivity index (χ0) is 26.1. The van der Waals surface area contributed by atoms with Gasteiger partial charge in [0.25, 0.3) is 0 Å². The Balaban J connectivity index is 1.80. The van der Waals surface area contributed by atoms with E-state index >= 15 is 0 Å². The average molecular weight is 517 g/mol. The van der Waals surface area contributed by atoms with Crippen LogP contribution in [-0.4, -0.2) is 52.0 Å². The summed E-state index contributed by atoms with van der Waals surface area (Å²) in [5.74, 6) is 2.04. The van der Waals surface area contributed by atoms with Gasteiger partial charge in [-0.15, -0.1) is 0 Å². The summed E-state index contributed by atoms with van der Waals surface area (Å²) in [6, 6.07) is 5.98. The molecule has 0 aliphatic heterocycles. The Hall–Kier alpha value is -2.56. The number of nitrogens with one attached hydrogen (secondary N) is 2. The second kappa shape index (κ2) is 13.1. The lowest BCUT2D eigenvalue weighted by atomic mass is 10.1. The number of anilines is 1. The Labute approximate surface area is 218 Å². The van der Waals surface area contributed by atoms with Gasteiger partial charge in [-0.05, 0) is 52.0 Å². The number of imidazole rings is 1. The Bertz CT molecular complexity index is 1160. The molecule has 0 radical (unpaired) electrons. The standard InChI is InChI=1S/C26H40N6O3S/c1-6-34-16-22-30-23-24(32(22)17-26(3,4)31-36-5)20-12-11-19(15-21(20)29-25(23)27)35-14-10-8-7-9-13-28-18(2)33/h11-12,15,31H,6-10,13-14,16-17H2,1-5H3,(H2,27,29)(H,28,33). The quantitative estimate of drug-likeness (QED) is 0.201. The molecule has 0 fully saturated rings. The summed E-state index contributed by atoms with van der Waals surface area (Å²) in [6.45, 7) is 10.9. The fourth-order valence-corrected chi connectivity index (χ4v) is 4.86. The number of hydrogen-bond acceptors (Lipinski definition) is 8. The Kier molecular flexibility index (Phi) is 10.2. The molecular formula is C26H40N6O3S. The van der Waals surface area contributed by atoms with Crippen LogP contribution in [0.4, 0.5) is 5.82 Å². The molecule has 0 aliphatic rings. The summed E-state index contributed by atoms with van der Waals surface area (Å²) >= 11 is 1.60. The topological polar surface area (TPSA) is 116 Å². The first-order chi connectivity index (χ1) is 17.3. The SMILES string of the molecule is CCOCc1nc2c(N)nc3cc(OCCCCCCNC(C)=O)ccc3c2n1CC(C)(C)NSC. The maximum absolute atomic E-state index is 10.9. The molecule has 0 atom stereocenters. The minimum Gasteiger partial charge on any atom is -0.494 e. The van der Waals surface area contributed by atoms with Crippen molar-refractivity contribution in [3.8, 4) is 5.75 Å². The minimum absolute atomic E-state index is 0.0232. The predicted molar refractivity (Wildman–Crippen MR) is 148 cm³/mol. The number of aromatic nitrogens is 3. The van der Waals surface area contributed by atoms with Crippen LogP contribution >= 0.6 is 11.9 Å².